The number of carbonyl (C=O) groups excluding carboxylic acids is 2. The van der Waals surface area contributed by atoms with E-state index in [1.807, 2.05) is 6.07 Å². The molecule has 0 saturated carbocycles. The van der Waals surface area contributed by atoms with Gasteiger partial charge in [0.1, 0.15) is 6.61 Å². The second-order valence-corrected chi connectivity index (χ2v) is 8.30. The molecule has 0 bridgehead atoms. The normalized spacial score (nSPS) is 19.6. The van der Waals surface area contributed by atoms with Crippen molar-refractivity contribution in [3.8, 4) is 0 Å². The SMILES string of the molecule is CC1CCCN(Cc2ccc(CNC(=O)c3cccc(N4CCOC4=O)c3)cc2)C1. The highest BCUT2D eigenvalue weighted by atomic mass is 16.6. The van der Waals surface area contributed by atoms with Crippen molar-refractivity contribution >= 4 is 17.7 Å². The second kappa shape index (κ2) is 9.30. The van der Waals surface area contributed by atoms with Crippen LogP contribution >= 0.6 is 0 Å². The molecule has 6 heteroatoms. The van der Waals surface area contributed by atoms with Gasteiger partial charge < -0.3 is 10.1 Å². The first kappa shape index (κ1) is 20.4. The van der Waals surface area contributed by atoms with Crippen LogP contribution in [0, 0.1) is 5.92 Å². The van der Waals surface area contributed by atoms with Crippen molar-refractivity contribution in [3.05, 3.63) is 65.2 Å². The molecule has 2 heterocycles. The molecule has 2 aromatic rings. The average Bonchev–Trinajstić information content (AvgIpc) is 3.19. The molecule has 2 fully saturated rings. The fourth-order valence-electron chi connectivity index (χ4n) is 4.18. The molecule has 1 atom stereocenters. The Morgan fingerprint density at radius 2 is 1.93 bits per heavy atom. The second-order valence-electron chi connectivity index (χ2n) is 8.30. The van der Waals surface area contributed by atoms with Crippen LogP contribution in [0.3, 0.4) is 0 Å². The Kier molecular flexibility index (Phi) is 6.33. The summed E-state index contributed by atoms with van der Waals surface area (Å²) in [5.41, 5.74) is 3.59. The summed E-state index contributed by atoms with van der Waals surface area (Å²) in [5, 5.41) is 2.97. The van der Waals surface area contributed by atoms with Crippen LogP contribution in [0.4, 0.5) is 10.5 Å². The quantitative estimate of drug-likeness (QED) is 0.791. The standard InChI is InChI=1S/C24H29N3O3/c1-18-4-3-11-26(16-18)17-20-9-7-19(8-10-20)15-25-23(28)21-5-2-6-22(14-21)27-12-13-30-24(27)29/h2,5-10,14,18H,3-4,11-13,15-17H2,1H3,(H,25,28). The zero-order valence-electron chi connectivity index (χ0n) is 17.5. The number of ether oxygens (including phenoxy) is 1. The number of benzene rings is 2. The lowest BCUT2D eigenvalue weighted by Crippen LogP contribution is -2.33. The Balaban J connectivity index is 1.31. The highest BCUT2D eigenvalue weighted by Crippen LogP contribution is 2.20. The minimum Gasteiger partial charge on any atom is -0.447 e. The molecule has 1 N–H and O–H groups in total. The Hall–Kier alpha value is -2.86. The maximum absolute atomic E-state index is 12.6. The molecule has 0 spiro atoms. The Morgan fingerprint density at radius 3 is 2.67 bits per heavy atom. The number of hydrogen-bond acceptors (Lipinski definition) is 4. The number of nitrogens with zero attached hydrogens (tertiary/aromatic N) is 2. The van der Waals surface area contributed by atoms with Crippen molar-refractivity contribution in [1.29, 1.82) is 0 Å². The Bertz CT molecular complexity index is 897. The number of carbonyl (C=O) groups is 2. The predicted octanol–water partition coefficient (Wildman–Crippen LogP) is 3.81. The van der Waals surface area contributed by atoms with Crippen LogP contribution in [0.1, 0.15) is 41.3 Å². The molecule has 2 aromatic carbocycles. The van der Waals surface area contributed by atoms with E-state index in [2.05, 4.69) is 41.4 Å². The first-order valence-electron chi connectivity index (χ1n) is 10.7. The molecule has 30 heavy (non-hydrogen) atoms. The molecule has 0 aromatic heterocycles. The fourth-order valence-corrected chi connectivity index (χ4v) is 4.18. The molecule has 1 unspecified atom stereocenters. The summed E-state index contributed by atoms with van der Waals surface area (Å²) in [7, 11) is 0. The molecule has 6 nitrogen and oxygen atoms in total. The van der Waals surface area contributed by atoms with Crippen molar-refractivity contribution in [2.75, 3.05) is 31.1 Å². The van der Waals surface area contributed by atoms with E-state index in [0.29, 0.717) is 30.9 Å². The molecule has 0 radical (unpaired) electrons. The monoisotopic (exact) mass is 407 g/mol. The molecule has 4 rings (SSSR count). The molecule has 2 saturated heterocycles. The lowest BCUT2D eigenvalue weighted by Gasteiger charge is -2.30. The lowest BCUT2D eigenvalue weighted by molar-refractivity contribution is 0.0951. The number of likely N-dealkylation sites (tertiary alicyclic amines) is 1. The largest absolute Gasteiger partial charge is 0.447 e. The maximum Gasteiger partial charge on any atom is 0.414 e. The summed E-state index contributed by atoms with van der Waals surface area (Å²) < 4.78 is 4.97. The van der Waals surface area contributed by atoms with E-state index in [0.717, 1.165) is 18.0 Å². The summed E-state index contributed by atoms with van der Waals surface area (Å²) in [5.74, 6) is 0.624. The van der Waals surface area contributed by atoms with Gasteiger partial charge in [-0.3, -0.25) is 14.6 Å². The summed E-state index contributed by atoms with van der Waals surface area (Å²) in [6, 6.07) is 15.5. The van der Waals surface area contributed by atoms with Crippen molar-refractivity contribution in [3.63, 3.8) is 0 Å². The summed E-state index contributed by atoms with van der Waals surface area (Å²) in [6.07, 6.45) is 2.25. The van der Waals surface area contributed by atoms with Crippen LogP contribution in [0.5, 0.6) is 0 Å². The predicted molar refractivity (Wildman–Crippen MR) is 116 cm³/mol. The van der Waals surface area contributed by atoms with Gasteiger partial charge in [0, 0.05) is 30.9 Å². The van der Waals surface area contributed by atoms with Gasteiger partial charge in [0.2, 0.25) is 0 Å². The van der Waals surface area contributed by atoms with Gasteiger partial charge in [-0.2, -0.15) is 0 Å². The van der Waals surface area contributed by atoms with Crippen molar-refractivity contribution < 1.29 is 14.3 Å². The summed E-state index contributed by atoms with van der Waals surface area (Å²) in [6.45, 7) is 7.01. The van der Waals surface area contributed by atoms with Crippen LogP contribution in [-0.2, 0) is 17.8 Å². The number of rotatable bonds is 6. The van der Waals surface area contributed by atoms with E-state index in [-0.39, 0.29) is 12.0 Å². The zero-order valence-corrected chi connectivity index (χ0v) is 17.5. The van der Waals surface area contributed by atoms with Gasteiger partial charge in [0.05, 0.1) is 6.54 Å². The third-order valence-corrected chi connectivity index (χ3v) is 5.80. The maximum atomic E-state index is 12.6. The van der Waals surface area contributed by atoms with E-state index < -0.39 is 0 Å². The van der Waals surface area contributed by atoms with Gasteiger partial charge in [-0.1, -0.05) is 37.3 Å². The number of nitrogens with one attached hydrogen (secondary N) is 1. The third-order valence-electron chi connectivity index (χ3n) is 5.80. The minimum absolute atomic E-state index is 0.157. The van der Waals surface area contributed by atoms with Crippen molar-refractivity contribution in [2.24, 2.45) is 5.92 Å². The molecular weight excluding hydrogens is 378 g/mol. The molecular formula is C24H29N3O3. The van der Waals surface area contributed by atoms with Gasteiger partial charge in [-0.25, -0.2) is 4.79 Å². The topological polar surface area (TPSA) is 61.9 Å². The highest BCUT2D eigenvalue weighted by Gasteiger charge is 2.24. The van der Waals surface area contributed by atoms with E-state index in [9.17, 15) is 9.59 Å². The molecule has 2 aliphatic rings. The number of anilines is 1. The van der Waals surface area contributed by atoms with Crippen LogP contribution in [0.15, 0.2) is 48.5 Å². The van der Waals surface area contributed by atoms with Crippen LogP contribution in [0.25, 0.3) is 0 Å². The van der Waals surface area contributed by atoms with E-state index in [1.165, 1.54) is 31.5 Å². The van der Waals surface area contributed by atoms with Crippen molar-refractivity contribution in [2.45, 2.75) is 32.9 Å². The summed E-state index contributed by atoms with van der Waals surface area (Å²) in [4.78, 5) is 28.4. The van der Waals surface area contributed by atoms with Gasteiger partial charge in [-0.05, 0) is 54.6 Å². The van der Waals surface area contributed by atoms with Crippen LogP contribution in [-0.4, -0.2) is 43.1 Å². The highest BCUT2D eigenvalue weighted by molar-refractivity contribution is 5.97. The first-order chi connectivity index (χ1) is 14.6. The third kappa shape index (κ3) is 5.00. The smallest absolute Gasteiger partial charge is 0.414 e. The van der Waals surface area contributed by atoms with E-state index in [4.69, 9.17) is 4.74 Å². The van der Waals surface area contributed by atoms with Gasteiger partial charge >= 0.3 is 6.09 Å². The number of cyclic esters (lactones) is 1. The Morgan fingerprint density at radius 1 is 1.13 bits per heavy atom. The first-order valence-corrected chi connectivity index (χ1v) is 10.7. The minimum atomic E-state index is -0.369. The van der Waals surface area contributed by atoms with Gasteiger partial charge in [0.25, 0.3) is 5.91 Å². The molecule has 2 aliphatic heterocycles. The molecule has 2 amide bonds. The fraction of sp³-hybridized carbons (Fsp3) is 0.417. The van der Waals surface area contributed by atoms with Crippen molar-refractivity contribution in [1.82, 2.24) is 10.2 Å². The number of piperidine rings is 1. The molecule has 0 aliphatic carbocycles. The average molecular weight is 408 g/mol. The van der Waals surface area contributed by atoms with Crippen LogP contribution in [0.2, 0.25) is 0 Å². The van der Waals surface area contributed by atoms with Gasteiger partial charge in [0.15, 0.2) is 0 Å². The van der Waals surface area contributed by atoms with Crippen LogP contribution < -0.4 is 10.2 Å². The Labute approximate surface area is 177 Å². The number of hydrogen-bond donors (Lipinski definition) is 1. The lowest BCUT2D eigenvalue weighted by atomic mass is 9.99. The van der Waals surface area contributed by atoms with Gasteiger partial charge in [-0.15, -0.1) is 0 Å². The zero-order chi connectivity index (χ0) is 20.9. The molecule has 158 valence electrons. The summed E-state index contributed by atoms with van der Waals surface area (Å²) >= 11 is 0. The van der Waals surface area contributed by atoms with E-state index in [1.54, 1.807) is 23.1 Å². The number of amides is 2. The van der Waals surface area contributed by atoms with E-state index >= 15 is 0 Å².